The molecule has 5 heteroatoms. The van der Waals surface area contributed by atoms with Gasteiger partial charge >= 0.3 is 5.97 Å². The van der Waals surface area contributed by atoms with Crippen LogP contribution in [0, 0.1) is 0 Å². The molecule has 2 heterocycles. The molecule has 0 aromatic rings. The van der Waals surface area contributed by atoms with E-state index < -0.39 is 11.5 Å². The van der Waals surface area contributed by atoms with Crippen LogP contribution < -0.4 is 5.32 Å². The molecule has 2 saturated heterocycles. The van der Waals surface area contributed by atoms with Crippen molar-refractivity contribution in [3.8, 4) is 0 Å². The van der Waals surface area contributed by atoms with Gasteiger partial charge in [0.1, 0.15) is 5.54 Å². The number of nitrogens with one attached hydrogen (secondary N) is 1. The minimum atomic E-state index is -0.884. The Kier molecular flexibility index (Phi) is 3.94. The predicted molar refractivity (Wildman–Crippen MR) is 68.6 cm³/mol. The highest BCUT2D eigenvalue weighted by atomic mass is 16.5. The van der Waals surface area contributed by atoms with Crippen molar-refractivity contribution in [2.24, 2.45) is 0 Å². The standard InChI is InChI=1S/C13H24N2O3/c1-9(2)14-13(3,12(16)17)8-15-6-10-4-5-11(7-15)18-10/h9-11,14H,4-8H2,1-3H3,(H,16,17). The van der Waals surface area contributed by atoms with E-state index in [1.807, 2.05) is 13.8 Å². The zero-order chi connectivity index (χ0) is 13.3. The highest BCUT2D eigenvalue weighted by Crippen LogP contribution is 2.27. The molecule has 5 nitrogen and oxygen atoms in total. The first-order valence-corrected chi connectivity index (χ1v) is 6.78. The van der Waals surface area contributed by atoms with E-state index in [0.29, 0.717) is 18.8 Å². The maximum Gasteiger partial charge on any atom is 0.324 e. The molecule has 104 valence electrons. The van der Waals surface area contributed by atoms with Crippen LogP contribution >= 0.6 is 0 Å². The molecule has 0 spiro atoms. The number of fused-ring (bicyclic) bond motifs is 2. The Balaban J connectivity index is 1.98. The van der Waals surface area contributed by atoms with Crippen molar-refractivity contribution < 1.29 is 14.6 Å². The van der Waals surface area contributed by atoms with E-state index in [0.717, 1.165) is 25.9 Å². The third-order valence-corrected chi connectivity index (χ3v) is 3.74. The molecule has 2 N–H and O–H groups in total. The molecule has 0 amide bonds. The van der Waals surface area contributed by atoms with Crippen LogP contribution in [0.5, 0.6) is 0 Å². The third-order valence-electron chi connectivity index (χ3n) is 3.74. The summed E-state index contributed by atoms with van der Waals surface area (Å²) in [4.78, 5) is 13.7. The van der Waals surface area contributed by atoms with Gasteiger partial charge in [-0.25, -0.2) is 0 Å². The fourth-order valence-electron chi connectivity index (χ4n) is 3.09. The van der Waals surface area contributed by atoms with Crippen molar-refractivity contribution in [2.45, 2.75) is 57.4 Å². The fraction of sp³-hybridized carbons (Fsp3) is 0.923. The lowest BCUT2D eigenvalue weighted by molar-refractivity contribution is -0.146. The largest absolute Gasteiger partial charge is 0.480 e. The lowest BCUT2D eigenvalue weighted by Gasteiger charge is -2.38. The molecule has 2 bridgehead atoms. The van der Waals surface area contributed by atoms with Gasteiger partial charge in [0.25, 0.3) is 0 Å². The van der Waals surface area contributed by atoms with E-state index in [4.69, 9.17) is 4.74 Å². The van der Waals surface area contributed by atoms with Crippen LogP contribution in [0.2, 0.25) is 0 Å². The van der Waals surface area contributed by atoms with Crippen LogP contribution in [-0.2, 0) is 9.53 Å². The molecule has 3 unspecified atom stereocenters. The van der Waals surface area contributed by atoms with Gasteiger partial charge in [-0.3, -0.25) is 15.0 Å². The number of likely N-dealkylation sites (tertiary alicyclic amines) is 1. The van der Waals surface area contributed by atoms with Gasteiger partial charge in [-0.2, -0.15) is 0 Å². The number of ether oxygens (including phenoxy) is 1. The average molecular weight is 256 g/mol. The first kappa shape index (κ1) is 13.8. The van der Waals surface area contributed by atoms with E-state index in [2.05, 4.69) is 10.2 Å². The number of carbonyl (C=O) groups is 1. The minimum Gasteiger partial charge on any atom is -0.480 e. The maximum atomic E-state index is 11.5. The van der Waals surface area contributed by atoms with Crippen LogP contribution in [0.4, 0.5) is 0 Å². The van der Waals surface area contributed by atoms with Crippen molar-refractivity contribution >= 4 is 5.97 Å². The van der Waals surface area contributed by atoms with Crippen LogP contribution in [0.1, 0.15) is 33.6 Å². The molecule has 2 aliphatic heterocycles. The summed E-state index contributed by atoms with van der Waals surface area (Å²) in [5.74, 6) is -0.782. The zero-order valence-electron chi connectivity index (χ0n) is 11.5. The quantitative estimate of drug-likeness (QED) is 0.758. The Labute approximate surface area is 108 Å². The Morgan fingerprint density at radius 3 is 2.44 bits per heavy atom. The monoisotopic (exact) mass is 256 g/mol. The topological polar surface area (TPSA) is 61.8 Å². The number of rotatable bonds is 5. The van der Waals surface area contributed by atoms with Gasteiger partial charge in [-0.15, -0.1) is 0 Å². The maximum absolute atomic E-state index is 11.5. The summed E-state index contributed by atoms with van der Waals surface area (Å²) in [6.45, 7) is 7.98. The summed E-state index contributed by atoms with van der Waals surface area (Å²) < 4.78 is 5.77. The highest BCUT2D eigenvalue weighted by molar-refractivity contribution is 5.78. The fourth-order valence-corrected chi connectivity index (χ4v) is 3.09. The van der Waals surface area contributed by atoms with Gasteiger partial charge in [0.15, 0.2) is 0 Å². The Morgan fingerprint density at radius 1 is 1.44 bits per heavy atom. The smallest absolute Gasteiger partial charge is 0.324 e. The van der Waals surface area contributed by atoms with Crippen LogP contribution in [0.3, 0.4) is 0 Å². The van der Waals surface area contributed by atoms with E-state index in [1.54, 1.807) is 6.92 Å². The zero-order valence-corrected chi connectivity index (χ0v) is 11.5. The van der Waals surface area contributed by atoms with Crippen molar-refractivity contribution in [1.29, 1.82) is 0 Å². The molecule has 0 radical (unpaired) electrons. The summed E-state index contributed by atoms with van der Waals surface area (Å²) in [6, 6.07) is 0.156. The van der Waals surface area contributed by atoms with Gasteiger partial charge < -0.3 is 9.84 Å². The van der Waals surface area contributed by atoms with Crippen molar-refractivity contribution in [3.05, 3.63) is 0 Å². The van der Waals surface area contributed by atoms with Crippen LogP contribution in [0.25, 0.3) is 0 Å². The first-order chi connectivity index (χ1) is 8.39. The van der Waals surface area contributed by atoms with Crippen molar-refractivity contribution in [2.75, 3.05) is 19.6 Å². The third kappa shape index (κ3) is 3.02. The normalized spacial score (nSPS) is 31.6. The van der Waals surface area contributed by atoms with E-state index in [1.165, 1.54) is 0 Å². The molecule has 2 aliphatic rings. The minimum absolute atomic E-state index is 0.156. The molecule has 3 atom stereocenters. The number of hydrogen-bond donors (Lipinski definition) is 2. The number of morpholine rings is 1. The van der Waals surface area contributed by atoms with Gasteiger partial charge in [0.05, 0.1) is 12.2 Å². The second-order valence-corrected chi connectivity index (χ2v) is 6.09. The molecule has 0 saturated carbocycles. The van der Waals surface area contributed by atoms with E-state index in [9.17, 15) is 9.90 Å². The first-order valence-electron chi connectivity index (χ1n) is 6.78. The van der Waals surface area contributed by atoms with Gasteiger partial charge in [-0.1, -0.05) is 0 Å². The molecule has 0 aromatic carbocycles. The van der Waals surface area contributed by atoms with E-state index in [-0.39, 0.29) is 6.04 Å². The molecule has 18 heavy (non-hydrogen) atoms. The molecule has 2 rings (SSSR count). The molecule has 0 aromatic heterocycles. The lowest BCUT2D eigenvalue weighted by Crippen LogP contribution is -2.60. The van der Waals surface area contributed by atoms with Crippen LogP contribution in [0.15, 0.2) is 0 Å². The summed E-state index contributed by atoms with van der Waals surface area (Å²) >= 11 is 0. The number of nitrogens with zero attached hydrogens (tertiary/aromatic N) is 1. The SMILES string of the molecule is CC(C)NC(C)(CN1CC2CCC(C1)O2)C(=O)O. The molecular weight excluding hydrogens is 232 g/mol. The molecule has 2 fully saturated rings. The average Bonchev–Trinajstić information content (AvgIpc) is 2.56. The van der Waals surface area contributed by atoms with E-state index >= 15 is 0 Å². The number of aliphatic carboxylic acids is 1. The number of carboxylic acid groups (broad SMARTS) is 1. The second-order valence-electron chi connectivity index (χ2n) is 6.09. The summed E-state index contributed by atoms with van der Waals surface area (Å²) in [5.41, 5.74) is -0.884. The Hall–Kier alpha value is -0.650. The summed E-state index contributed by atoms with van der Waals surface area (Å²) in [6.07, 6.45) is 2.84. The summed E-state index contributed by atoms with van der Waals surface area (Å²) in [5, 5.41) is 12.6. The van der Waals surface area contributed by atoms with Gasteiger partial charge in [0.2, 0.25) is 0 Å². The lowest BCUT2D eigenvalue weighted by atomic mass is 10.00. The highest BCUT2D eigenvalue weighted by Gasteiger charge is 2.40. The van der Waals surface area contributed by atoms with Gasteiger partial charge in [0, 0.05) is 25.7 Å². The Morgan fingerprint density at radius 2 is 2.00 bits per heavy atom. The molecule has 0 aliphatic carbocycles. The van der Waals surface area contributed by atoms with Gasteiger partial charge in [-0.05, 0) is 33.6 Å². The summed E-state index contributed by atoms with van der Waals surface area (Å²) in [7, 11) is 0. The number of hydrogen-bond acceptors (Lipinski definition) is 4. The Bertz CT molecular complexity index is 309. The van der Waals surface area contributed by atoms with Crippen molar-refractivity contribution in [1.82, 2.24) is 10.2 Å². The van der Waals surface area contributed by atoms with Crippen molar-refractivity contribution in [3.63, 3.8) is 0 Å². The predicted octanol–water partition coefficient (Wildman–Crippen LogP) is 0.691. The second kappa shape index (κ2) is 5.15. The number of carboxylic acids is 1. The molecular formula is C13H24N2O3. The van der Waals surface area contributed by atoms with Crippen LogP contribution in [-0.4, -0.2) is 59.4 Å².